The molecule has 3 N–H and O–H groups in total. The molecule has 3 nitrogen and oxygen atoms in total. The van der Waals surface area contributed by atoms with Gasteiger partial charge in [-0.3, -0.25) is 4.98 Å². The molecular weight excluding hydrogens is 196 g/mol. The molecule has 0 aliphatic carbocycles. The van der Waals surface area contributed by atoms with E-state index in [0.29, 0.717) is 5.69 Å². The summed E-state index contributed by atoms with van der Waals surface area (Å²) in [5.41, 5.74) is 7.08. The number of aliphatic hydroxyl groups is 1. The molecule has 1 aromatic rings. The van der Waals surface area contributed by atoms with Gasteiger partial charge in [-0.2, -0.15) is 11.8 Å². The van der Waals surface area contributed by atoms with Crippen molar-refractivity contribution in [1.29, 1.82) is 0 Å². The van der Waals surface area contributed by atoms with Gasteiger partial charge in [0.1, 0.15) is 0 Å². The number of hydrogen-bond acceptors (Lipinski definition) is 4. The zero-order valence-electron chi connectivity index (χ0n) is 8.31. The average Bonchev–Trinajstić information content (AvgIpc) is 2.18. The summed E-state index contributed by atoms with van der Waals surface area (Å²) >= 11 is 1.82. The fourth-order valence-corrected chi connectivity index (χ4v) is 1.87. The molecule has 0 bridgehead atoms. The molecule has 1 unspecified atom stereocenters. The third-order valence-corrected chi connectivity index (χ3v) is 2.92. The number of pyridine rings is 1. The Morgan fingerprint density at radius 3 is 3.07 bits per heavy atom. The van der Waals surface area contributed by atoms with E-state index < -0.39 is 6.10 Å². The van der Waals surface area contributed by atoms with Gasteiger partial charge in [-0.05, 0) is 24.0 Å². The highest BCUT2D eigenvalue weighted by molar-refractivity contribution is 7.99. The quantitative estimate of drug-likeness (QED) is 0.731. The van der Waals surface area contributed by atoms with Crippen LogP contribution in [0.15, 0.2) is 18.5 Å². The number of aliphatic hydroxyl groups excluding tert-OH is 1. The Kier molecular flexibility index (Phi) is 4.76. The van der Waals surface area contributed by atoms with Crippen molar-refractivity contribution in [3.05, 3.63) is 24.0 Å². The van der Waals surface area contributed by atoms with Crippen molar-refractivity contribution >= 4 is 17.4 Å². The van der Waals surface area contributed by atoms with E-state index in [1.54, 1.807) is 18.5 Å². The molecule has 0 saturated heterocycles. The molecule has 0 spiro atoms. The van der Waals surface area contributed by atoms with Gasteiger partial charge < -0.3 is 10.8 Å². The minimum atomic E-state index is -0.484. The van der Waals surface area contributed by atoms with Crippen LogP contribution in [-0.4, -0.2) is 21.6 Å². The lowest BCUT2D eigenvalue weighted by Gasteiger charge is -2.11. The standard InChI is InChI=1S/C10H16N2OS/c1-2-14-6-4-10(13)8-7-12-5-3-9(8)11/h3,5,7,10,13H,2,4,6H2,1H3,(H2,11,12). The molecule has 0 aliphatic heterocycles. The van der Waals surface area contributed by atoms with E-state index in [2.05, 4.69) is 11.9 Å². The van der Waals surface area contributed by atoms with Crippen LogP contribution in [0.2, 0.25) is 0 Å². The Morgan fingerprint density at radius 2 is 2.43 bits per heavy atom. The van der Waals surface area contributed by atoms with Crippen LogP contribution in [0.25, 0.3) is 0 Å². The lowest BCUT2D eigenvalue weighted by atomic mass is 10.1. The third kappa shape index (κ3) is 3.20. The molecular formula is C10H16N2OS. The van der Waals surface area contributed by atoms with Gasteiger partial charge in [-0.15, -0.1) is 0 Å². The SMILES string of the molecule is CCSCCC(O)c1cnccc1N. The van der Waals surface area contributed by atoms with E-state index in [1.807, 2.05) is 11.8 Å². The van der Waals surface area contributed by atoms with E-state index in [-0.39, 0.29) is 0 Å². The summed E-state index contributed by atoms with van der Waals surface area (Å²) in [6.07, 6.45) is 3.51. The van der Waals surface area contributed by atoms with Crippen molar-refractivity contribution in [2.45, 2.75) is 19.4 Å². The molecule has 1 aromatic heterocycles. The van der Waals surface area contributed by atoms with E-state index in [4.69, 9.17) is 5.73 Å². The van der Waals surface area contributed by atoms with Gasteiger partial charge in [0.2, 0.25) is 0 Å². The van der Waals surface area contributed by atoms with Crippen LogP contribution in [0, 0.1) is 0 Å². The maximum atomic E-state index is 9.79. The fraction of sp³-hybridized carbons (Fsp3) is 0.500. The lowest BCUT2D eigenvalue weighted by molar-refractivity contribution is 0.175. The largest absolute Gasteiger partial charge is 0.398 e. The molecule has 4 heteroatoms. The Balaban J connectivity index is 2.51. The molecule has 14 heavy (non-hydrogen) atoms. The number of anilines is 1. The second kappa shape index (κ2) is 5.88. The van der Waals surface area contributed by atoms with Crippen molar-refractivity contribution in [3.63, 3.8) is 0 Å². The van der Waals surface area contributed by atoms with Crippen molar-refractivity contribution in [1.82, 2.24) is 4.98 Å². The molecule has 1 atom stereocenters. The first kappa shape index (κ1) is 11.3. The van der Waals surface area contributed by atoms with Crippen LogP contribution in [0.5, 0.6) is 0 Å². The number of rotatable bonds is 5. The van der Waals surface area contributed by atoms with E-state index in [1.165, 1.54) is 0 Å². The van der Waals surface area contributed by atoms with Crippen LogP contribution < -0.4 is 5.73 Å². The number of thioether (sulfide) groups is 1. The second-order valence-corrected chi connectivity index (χ2v) is 4.40. The maximum Gasteiger partial charge on any atom is 0.0833 e. The minimum absolute atomic E-state index is 0.484. The average molecular weight is 212 g/mol. The van der Waals surface area contributed by atoms with E-state index in [0.717, 1.165) is 23.5 Å². The maximum absolute atomic E-state index is 9.79. The molecule has 0 aromatic carbocycles. The van der Waals surface area contributed by atoms with Gasteiger partial charge in [-0.1, -0.05) is 6.92 Å². The third-order valence-electron chi connectivity index (χ3n) is 1.99. The summed E-state index contributed by atoms with van der Waals surface area (Å²) in [6.45, 7) is 2.11. The first-order valence-corrected chi connectivity index (χ1v) is 5.86. The Hall–Kier alpha value is -0.740. The lowest BCUT2D eigenvalue weighted by Crippen LogP contribution is -2.03. The highest BCUT2D eigenvalue weighted by Crippen LogP contribution is 2.22. The summed E-state index contributed by atoms with van der Waals surface area (Å²) in [6, 6.07) is 1.71. The number of hydrogen-bond donors (Lipinski definition) is 2. The summed E-state index contributed by atoms with van der Waals surface area (Å²) in [5, 5.41) is 9.79. The van der Waals surface area contributed by atoms with Crippen molar-refractivity contribution in [3.8, 4) is 0 Å². The monoisotopic (exact) mass is 212 g/mol. The number of nitrogen functional groups attached to an aromatic ring is 1. The predicted octanol–water partition coefficient (Wildman–Crippen LogP) is 1.84. The van der Waals surface area contributed by atoms with E-state index >= 15 is 0 Å². The van der Waals surface area contributed by atoms with Crippen LogP contribution in [0.4, 0.5) is 5.69 Å². The Bertz CT molecular complexity index is 281. The molecule has 0 radical (unpaired) electrons. The number of nitrogens with two attached hydrogens (primary N) is 1. The van der Waals surface area contributed by atoms with Gasteiger partial charge in [0.15, 0.2) is 0 Å². The smallest absolute Gasteiger partial charge is 0.0833 e. The van der Waals surface area contributed by atoms with Crippen LogP contribution in [0.1, 0.15) is 25.0 Å². The van der Waals surface area contributed by atoms with Crippen molar-refractivity contribution < 1.29 is 5.11 Å². The number of nitrogens with zero attached hydrogens (tertiary/aromatic N) is 1. The summed E-state index contributed by atoms with van der Waals surface area (Å²) in [5.74, 6) is 2.03. The van der Waals surface area contributed by atoms with Gasteiger partial charge in [0.05, 0.1) is 6.10 Å². The highest BCUT2D eigenvalue weighted by Gasteiger charge is 2.10. The van der Waals surface area contributed by atoms with Crippen molar-refractivity contribution in [2.24, 2.45) is 0 Å². The zero-order chi connectivity index (χ0) is 10.4. The first-order chi connectivity index (χ1) is 6.75. The fourth-order valence-electron chi connectivity index (χ4n) is 1.19. The molecule has 1 heterocycles. The molecule has 0 amide bonds. The van der Waals surface area contributed by atoms with Gasteiger partial charge in [0.25, 0.3) is 0 Å². The van der Waals surface area contributed by atoms with Crippen molar-refractivity contribution in [2.75, 3.05) is 17.2 Å². The van der Waals surface area contributed by atoms with Crippen LogP contribution in [0.3, 0.4) is 0 Å². The zero-order valence-corrected chi connectivity index (χ0v) is 9.13. The predicted molar refractivity (Wildman–Crippen MR) is 61.2 cm³/mol. The van der Waals surface area contributed by atoms with Gasteiger partial charge in [-0.25, -0.2) is 0 Å². The number of aromatic nitrogens is 1. The van der Waals surface area contributed by atoms with Crippen LogP contribution in [-0.2, 0) is 0 Å². The Labute approximate surface area is 88.7 Å². The summed E-state index contributed by atoms with van der Waals surface area (Å²) in [4.78, 5) is 3.95. The summed E-state index contributed by atoms with van der Waals surface area (Å²) < 4.78 is 0. The van der Waals surface area contributed by atoms with Gasteiger partial charge >= 0.3 is 0 Å². The second-order valence-electron chi connectivity index (χ2n) is 3.01. The molecule has 0 aliphatic rings. The normalized spacial score (nSPS) is 12.7. The minimum Gasteiger partial charge on any atom is -0.398 e. The molecule has 0 saturated carbocycles. The molecule has 0 fully saturated rings. The van der Waals surface area contributed by atoms with Gasteiger partial charge in [0, 0.05) is 23.6 Å². The molecule has 78 valence electrons. The first-order valence-electron chi connectivity index (χ1n) is 4.71. The van der Waals surface area contributed by atoms with Crippen LogP contribution >= 0.6 is 11.8 Å². The Morgan fingerprint density at radius 1 is 1.64 bits per heavy atom. The highest BCUT2D eigenvalue weighted by atomic mass is 32.2. The van der Waals surface area contributed by atoms with E-state index in [9.17, 15) is 5.11 Å². The molecule has 1 rings (SSSR count). The topological polar surface area (TPSA) is 59.1 Å². The summed E-state index contributed by atoms with van der Waals surface area (Å²) in [7, 11) is 0.